The standard InChI is InChI=1S/C34H37N3O5.C21H25NO3.C20H23NO4.C12H11N3O2.ClH/c1-20-9-12-23-17-25-34(41-26(39)18-32(2,3)31-35-30(36-42-31)22-7-5-4-6-8-22)14-13-24(38)29-33(34,27(23)28(20)40-29)15-16-37(25)19-21-10-11-21;1-12-2-5-14-10-16-21(24)7-6-15(23)19-20(21,17(14)18(12)25-19)8-9-22(16)11-13-3-4-13;22-13-4-3-12-9-15-20(24)6-5-14(23)18-19(20,16(12)17(13)25-18)7-8-21(15)10-11-1-2-11;1-12(2,13-8-16)11-14-10(15-17-11)9-6-4-3-5-7-9;/h4-9,12,21,25,29H,10-11,13-19H2,1-3H3;2,5,13,16,19,24H,3-4,6-11H2,1H3;3-4,11,15,18,22,24H,1-2,5-10H2;3-7H,1-2H3;1H/t25-,29+,33+,34-;16-,19+,20+,21-;15-,18+,19+,20-;;/m111../s1. The lowest BCUT2D eigenvalue weighted by molar-refractivity contribution is -0.217. The van der Waals surface area contributed by atoms with Crippen molar-refractivity contribution in [3.8, 4) is 45.8 Å². The van der Waals surface area contributed by atoms with E-state index in [1.165, 1.54) is 61.3 Å². The second kappa shape index (κ2) is 26.3. The predicted molar refractivity (Wildman–Crippen MR) is 405 cm³/mol. The molecule has 22 rings (SSSR count). The molecule has 2 aromatic heterocycles. The number of carbonyl (C=O) groups excluding carboxylic acids is 5. The van der Waals surface area contributed by atoms with Gasteiger partial charge >= 0.3 is 5.97 Å². The maximum absolute atomic E-state index is 14.1. The number of isocyanates is 1. The minimum Gasteiger partial charge on any atom is -0.504 e. The van der Waals surface area contributed by atoms with Crippen LogP contribution in [-0.2, 0) is 75.2 Å². The highest BCUT2D eigenvalue weighted by Gasteiger charge is 2.77. The monoisotopic (exact) mass is 1510 g/mol. The van der Waals surface area contributed by atoms with Gasteiger partial charge in [0.1, 0.15) is 22.6 Å². The minimum atomic E-state index is -0.940. The molecule has 3 N–H and O–H groups in total. The number of aromatic nitrogens is 4. The quantitative estimate of drug-likeness (QED) is 0.0518. The van der Waals surface area contributed by atoms with Crippen molar-refractivity contribution in [3.05, 3.63) is 153 Å². The molecule has 23 heteroatoms. The van der Waals surface area contributed by atoms with Crippen molar-refractivity contribution in [2.45, 2.75) is 244 Å². The highest BCUT2D eigenvalue weighted by molar-refractivity contribution is 5.92. The number of hydrogen-bond acceptors (Lipinski definition) is 22. The number of ketones is 3. The topological polar surface area (TPSA) is 283 Å². The molecule has 6 saturated carbocycles. The van der Waals surface area contributed by atoms with Gasteiger partial charge in [0.05, 0.1) is 45.3 Å². The van der Waals surface area contributed by atoms with Gasteiger partial charge < -0.3 is 43.3 Å². The largest absolute Gasteiger partial charge is 0.504 e. The molecule has 0 radical (unpaired) electrons. The molecule has 7 aromatic rings. The molecule has 0 amide bonds. The van der Waals surface area contributed by atoms with E-state index in [4.69, 9.17) is 28.0 Å². The summed E-state index contributed by atoms with van der Waals surface area (Å²) in [6, 6.07) is 31.6. The number of hydrogen-bond donors (Lipinski definition) is 3. The number of likely N-dealkylation sites (tertiary alicyclic amines) is 3. The number of phenols is 1. The van der Waals surface area contributed by atoms with E-state index < -0.39 is 62.3 Å². The molecule has 9 fully saturated rings. The van der Waals surface area contributed by atoms with E-state index in [1.807, 2.05) is 87.5 Å². The van der Waals surface area contributed by atoms with Gasteiger partial charge in [-0.2, -0.15) is 15.0 Å². The van der Waals surface area contributed by atoms with Gasteiger partial charge in [0, 0.05) is 78.8 Å². The van der Waals surface area contributed by atoms with E-state index in [0.29, 0.717) is 73.6 Å². The number of phenolic OH excluding ortho intramolecular Hbond substituents is 1. The highest BCUT2D eigenvalue weighted by Crippen LogP contribution is 2.69. The maximum atomic E-state index is 14.1. The molecule has 6 aliphatic heterocycles. The summed E-state index contributed by atoms with van der Waals surface area (Å²) in [4.78, 5) is 83.6. The fourth-order valence-electron chi connectivity index (χ4n) is 22.5. The molecule has 0 unspecified atom stereocenters. The first-order valence-electron chi connectivity index (χ1n) is 39.9. The summed E-state index contributed by atoms with van der Waals surface area (Å²) in [6.07, 6.45) is 15.2. The first-order chi connectivity index (χ1) is 52.4. The summed E-state index contributed by atoms with van der Waals surface area (Å²) < 4.78 is 36.6. The Bertz CT molecular complexity index is 4800. The number of ether oxygens (including phenoxy) is 4. The summed E-state index contributed by atoms with van der Waals surface area (Å²) in [5.74, 6) is 6.32. The predicted octanol–water partition coefficient (Wildman–Crippen LogP) is 11.5. The number of aliphatic hydroxyl groups is 2. The normalized spacial score (nSPS) is 31.8. The summed E-state index contributed by atoms with van der Waals surface area (Å²) in [6.45, 7) is 17.3. The number of rotatable bonds is 14. The van der Waals surface area contributed by atoms with E-state index in [-0.39, 0.29) is 66.0 Å². The number of piperidine rings is 3. The zero-order valence-electron chi connectivity index (χ0n) is 63.4. The van der Waals surface area contributed by atoms with E-state index in [2.05, 4.69) is 71.2 Å². The number of aliphatic imine (C=N–C) groups is 1. The van der Waals surface area contributed by atoms with Crippen LogP contribution in [0.2, 0.25) is 0 Å². The number of carbonyl (C=O) groups is 4. The van der Waals surface area contributed by atoms with Crippen LogP contribution in [0.15, 0.2) is 111 Å². The SMILES string of the molecule is CC(C)(N=C=O)c1nc(-c2ccccc2)no1.Cc1ccc2c3c1O[C@H]1C(=O)CC[C@@]4(O)[C@@H](C2)N(CC2CC2)CC[C@]314.Cc1ccc2c3c1O[C@H]1C(=O)CC[C@@]4(OC(=O)CC(C)(C)c5nc(-c6ccccc6)no5)[C@@H](C2)N(CC2CC2)CC[C@]314.Cl.O=C1CC[C@@]2(O)[C@H]3Cc4ccc(O)c5c4[C@@]2(CCN3CC2CC2)[C@H]1O5. The lowest BCUT2D eigenvalue weighted by atomic mass is 9.48. The zero-order valence-corrected chi connectivity index (χ0v) is 64.2. The van der Waals surface area contributed by atoms with Crippen LogP contribution in [0.25, 0.3) is 22.8 Å². The van der Waals surface area contributed by atoms with Crippen LogP contribution in [0.5, 0.6) is 23.0 Å². The Labute approximate surface area is 645 Å². The van der Waals surface area contributed by atoms with Crippen molar-refractivity contribution < 1.29 is 67.3 Å². The Kier molecular flexibility index (Phi) is 17.5. The number of halogens is 1. The van der Waals surface area contributed by atoms with Crippen molar-refractivity contribution in [1.82, 2.24) is 35.0 Å². The number of benzene rings is 5. The average molecular weight is 1510 g/mol. The van der Waals surface area contributed by atoms with E-state index >= 15 is 0 Å². The van der Waals surface area contributed by atoms with Crippen LogP contribution in [0.3, 0.4) is 0 Å². The van der Waals surface area contributed by atoms with Crippen LogP contribution in [-0.4, -0.2) is 172 Å². The number of aryl methyl sites for hydroxylation is 2. The zero-order chi connectivity index (χ0) is 75.1. The smallest absolute Gasteiger partial charge is 0.307 e. The molecule has 22 nitrogen and oxygen atoms in total. The molecule has 15 aliphatic rings. The summed E-state index contributed by atoms with van der Waals surface area (Å²) in [5, 5.41) is 42.4. The van der Waals surface area contributed by atoms with Crippen LogP contribution in [0.1, 0.15) is 187 Å². The third-order valence-electron chi connectivity index (χ3n) is 28.3. The summed E-state index contributed by atoms with van der Waals surface area (Å²) in [5.41, 5.74) is 4.73. The Balaban J connectivity index is 0.000000108. The van der Waals surface area contributed by atoms with Crippen LogP contribution in [0, 0.1) is 31.6 Å². The fraction of sp³-hybridized carbons (Fsp3) is 0.552. The second-order valence-electron chi connectivity index (χ2n) is 35.6. The molecule has 9 aliphatic carbocycles. The van der Waals surface area contributed by atoms with Gasteiger partial charge in [0.25, 0.3) is 5.89 Å². The lowest BCUT2D eigenvalue weighted by Gasteiger charge is -2.63. The average Bonchev–Trinajstić information content (AvgIpc) is 1.46. The molecule has 110 heavy (non-hydrogen) atoms. The Morgan fingerprint density at radius 3 is 1.45 bits per heavy atom. The first-order valence-corrected chi connectivity index (χ1v) is 39.9. The Morgan fingerprint density at radius 1 is 0.545 bits per heavy atom. The van der Waals surface area contributed by atoms with Gasteiger partial charge in [0.2, 0.25) is 23.6 Å². The Hall–Kier alpha value is -8.47. The van der Waals surface area contributed by atoms with Gasteiger partial charge in [-0.25, -0.2) is 4.79 Å². The number of aromatic hydroxyl groups is 1. The van der Waals surface area contributed by atoms with Gasteiger partial charge in [-0.15, -0.1) is 12.4 Å². The van der Waals surface area contributed by atoms with Gasteiger partial charge in [-0.3, -0.25) is 33.9 Å². The number of esters is 1. The first kappa shape index (κ1) is 73.0. The second-order valence-corrected chi connectivity index (χ2v) is 35.6. The molecule has 576 valence electrons. The Morgan fingerprint density at radius 2 is 0.955 bits per heavy atom. The van der Waals surface area contributed by atoms with Crippen molar-refractivity contribution in [1.29, 1.82) is 0 Å². The molecule has 3 saturated heterocycles. The van der Waals surface area contributed by atoms with Crippen LogP contribution in [0.4, 0.5) is 0 Å². The van der Waals surface area contributed by atoms with Crippen molar-refractivity contribution in [3.63, 3.8) is 0 Å². The minimum absolute atomic E-state index is 0. The van der Waals surface area contributed by atoms with Gasteiger partial charge in [0.15, 0.2) is 47.2 Å². The molecule has 3 spiro atoms. The van der Waals surface area contributed by atoms with Crippen LogP contribution < -0.4 is 14.2 Å². The lowest BCUT2D eigenvalue weighted by Crippen LogP contribution is -2.77. The maximum Gasteiger partial charge on any atom is 0.307 e. The van der Waals surface area contributed by atoms with Crippen molar-refractivity contribution in [2.75, 3.05) is 39.3 Å². The molecular weight excluding hydrogens is 1420 g/mol. The van der Waals surface area contributed by atoms with Crippen molar-refractivity contribution in [2.24, 2.45) is 22.7 Å². The number of Topliss-reactive ketones (excluding diaryl/α,β-unsaturated/α-hetero) is 3. The third kappa shape index (κ3) is 11.0. The van der Waals surface area contributed by atoms with E-state index in [1.54, 1.807) is 19.9 Å². The highest BCUT2D eigenvalue weighted by atomic mass is 35.5. The fourth-order valence-corrected chi connectivity index (χ4v) is 22.5. The molecular formula is C87H97ClN8O14. The van der Waals surface area contributed by atoms with E-state index in [0.717, 1.165) is 140 Å². The van der Waals surface area contributed by atoms with Crippen molar-refractivity contribution >= 4 is 41.8 Å². The van der Waals surface area contributed by atoms with Gasteiger partial charge in [-0.1, -0.05) is 115 Å². The molecule has 5 aromatic carbocycles. The van der Waals surface area contributed by atoms with E-state index in [9.17, 15) is 39.3 Å². The van der Waals surface area contributed by atoms with Crippen LogP contribution >= 0.6 is 12.4 Å². The molecule has 12 atom stereocenters. The molecule has 8 heterocycles. The number of nitrogens with zero attached hydrogens (tertiary/aromatic N) is 8. The summed E-state index contributed by atoms with van der Waals surface area (Å²) in [7, 11) is 0. The summed E-state index contributed by atoms with van der Waals surface area (Å²) >= 11 is 0. The third-order valence-corrected chi connectivity index (χ3v) is 28.3. The van der Waals surface area contributed by atoms with Gasteiger partial charge in [-0.05, 0) is 195 Å². The molecule has 6 bridgehead atoms.